The lowest BCUT2D eigenvalue weighted by Gasteiger charge is -2.14. The molecule has 94 valence electrons. The summed E-state index contributed by atoms with van der Waals surface area (Å²) in [6, 6.07) is -0.179. The van der Waals surface area contributed by atoms with Crippen molar-refractivity contribution in [3.8, 4) is 0 Å². The fraction of sp³-hybridized carbons (Fsp3) is 0.909. The predicted octanol–water partition coefficient (Wildman–Crippen LogP) is 1.05. The SMILES string of the molecule is CNC(CCSCC1CCCO1)C(=O)OC. The quantitative estimate of drug-likeness (QED) is 0.538. The maximum absolute atomic E-state index is 11.3. The first-order chi connectivity index (χ1) is 7.77. The van der Waals surface area contributed by atoms with Crippen molar-refractivity contribution in [3.63, 3.8) is 0 Å². The number of esters is 1. The Morgan fingerprint density at radius 1 is 1.69 bits per heavy atom. The lowest BCUT2D eigenvalue weighted by atomic mass is 10.2. The molecule has 0 amide bonds. The minimum atomic E-state index is -0.180. The molecule has 1 N–H and O–H groups in total. The molecule has 16 heavy (non-hydrogen) atoms. The molecule has 0 aromatic carbocycles. The van der Waals surface area contributed by atoms with Crippen molar-refractivity contribution in [1.82, 2.24) is 5.32 Å². The molecule has 0 aromatic rings. The highest BCUT2D eigenvalue weighted by Crippen LogP contribution is 2.17. The molecule has 5 heteroatoms. The van der Waals surface area contributed by atoms with Gasteiger partial charge in [0.2, 0.25) is 0 Å². The molecule has 4 nitrogen and oxygen atoms in total. The van der Waals surface area contributed by atoms with Crippen molar-refractivity contribution < 1.29 is 14.3 Å². The molecule has 1 aliphatic rings. The van der Waals surface area contributed by atoms with E-state index >= 15 is 0 Å². The summed E-state index contributed by atoms with van der Waals surface area (Å²) in [5.74, 6) is 1.82. The number of carbonyl (C=O) groups excluding carboxylic acids is 1. The Hall–Kier alpha value is -0.260. The van der Waals surface area contributed by atoms with E-state index in [2.05, 4.69) is 5.32 Å². The zero-order chi connectivity index (χ0) is 11.8. The maximum atomic E-state index is 11.3. The summed E-state index contributed by atoms with van der Waals surface area (Å²) in [6.45, 7) is 0.909. The third kappa shape index (κ3) is 4.72. The summed E-state index contributed by atoms with van der Waals surface area (Å²) in [6.07, 6.45) is 3.60. The van der Waals surface area contributed by atoms with Gasteiger partial charge in [-0.15, -0.1) is 0 Å². The van der Waals surface area contributed by atoms with Gasteiger partial charge in [-0.3, -0.25) is 4.79 Å². The summed E-state index contributed by atoms with van der Waals surface area (Å²) < 4.78 is 10.2. The average Bonchev–Trinajstić information content (AvgIpc) is 2.81. The Bertz CT molecular complexity index is 207. The molecule has 0 radical (unpaired) electrons. The molecule has 0 aliphatic carbocycles. The van der Waals surface area contributed by atoms with Crippen LogP contribution in [-0.4, -0.2) is 50.4 Å². The van der Waals surface area contributed by atoms with E-state index in [1.807, 2.05) is 11.8 Å². The molecule has 0 bridgehead atoms. The van der Waals surface area contributed by atoms with Gasteiger partial charge in [-0.25, -0.2) is 0 Å². The highest BCUT2D eigenvalue weighted by Gasteiger charge is 2.18. The van der Waals surface area contributed by atoms with Crippen LogP contribution in [0.1, 0.15) is 19.3 Å². The number of nitrogens with one attached hydrogen (secondary N) is 1. The van der Waals surface area contributed by atoms with Gasteiger partial charge < -0.3 is 14.8 Å². The smallest absolute Gasteiger partial charge is 0.322 e. The third-order valence-electron chi connectivity index (χ3n) is 2.71. The van der Waals surface area contributed by atoms with Gasteiger partial charge in [-0.05, 0) is 32.1 Å². The molecule has 1 fully saturated rings. The maximum Gasteiger partial charge on any atom is 0.322 e. The zero-order valence-electron chi connectivity index (χ0n) is 10.0. The van der Waals surface area contributed by atoms with E-state index in [1.54, 1.807) is 7.05 Å². The highest BCUT2D eigenvalue weighted by molar-refractivity contribution is 7.99. The van der Waals surface area contributed by atoms with Gasteiger partial charge in [0.25, 0.3) is 0 Å². The van der Waals surface area contributed by atoms with E-state index < -0.39 is 0 Å². The second-order valence-electron chi connectivity index (χ2n) is 3.86. The molecular weight excluding hydrogens is 226 g/mol. The fourth-order valence-electron chi connectivity index (χ4n) is 1.71. The summed E-state index contributed by atoms with van der Waals surface area (Å²) in [5.41, 5.74) is 0. The van der Waals surface area contributed by atoms with E-state index in [1.165, 1.54) is 20.0 Å². The van der Waals surface area contributed by atoms with Crippen molar-refractivity contribution in [2.45, 2.75) is 31.4 Å². The van der Waals surface area contributed by atoms with E-state index in [0.29, 0.717) is 6.10 Å². The van der Waals surface area contributed by atoms with Gasteiger partial charge in [0.15, 0.2) is 0 Å². The van der Waals surface area contributed by atoms with Gasteiger partial charge in [-0.1, -0.05) is 0 Å². The number of thioether (sulfide) groups is 1. The first kappa shape index (κ1) is 13.8. The van der Waals surface area contributed by atoms with Crippen molar-refractivity contribution >= 4 is 17.7 Å². The van der Waals surface area contributed by atoms with Crippen LogP contribution in [0.25, 0.3) is 0 Å². The van der Waals surface area contributed by atoms with Gasteiger partial charge >= 0.3 is 5.97 Å². The number of likely N-dealkylation sites (N-methyl/N-ethyl adjacent to an activating group) is 1. The number of ether oxygens (including phenoxy) is 2. The number of hydrogen-bond acceptors (Lipinski definition) is 5. The topological polar surface area (TPSA) is 47.6 Å². The van der Waals surface area contributed by atoms with Crippen LogP contribution in [0.5, 0.6) is 0 Å². The monoisotopic (exact) mass is 247 g/mol. The fourth-order valence-corrected chi connectivity index (χ4v) is 2.81. The Kier molecular flexibility index (Phi) is 6.84. The third-order valence-corrected chi connectivity index (χ3v) is 3.84. The summed E-state index contributed by atoms with van der Waals surface area (Å²) in [5, 5.41) is 2.96. The van der Waals surface area contributed by atoms with Crippen LogP contribution < -0.4 is 5.32 Å². The molecule has 2 atom stereocenters. The van der Waals surface area contributed by atoms with Gasteiger partial charge in [0, 0.05) is 12.4 Å². The molecule has 1 saturated heterocycles. The summed E-state index contributed by atoms with van der Waals surface area (Å²) in [4.78, 5) is 11.3. The Morgan fingerprint density at radius 2 is 2.50 bits per heavy atom. The van der Waals surface area contributed by atoms with Gasteiger partial charge in [0.05, 0.1) is 13.2 Å². The number of methoxy groups -OCH3 is 1. The van der Waals surface area contributed by atoms with E-state index in [-0.39, 0.29) is 12.0 Å². The lowest BCUT2D eigenvalue weighted by molar-refractivity contribution is -0.143. The number of hydrogen-bond donors (Lipinski definition) is 1. The largest absolute Gasteiger partial charge is 0.468 e. The molecule has 2 unspecified atom stereocenters. The summed E-state index contributed by atoms with van der Waals surface area (Å²) in [7, 11) is 3.21. The van der Waals surface area contributed by atoms with Crippen LogP contribution in [0.2, 0.25) is 0 Å². The highest BCUT2D eigenvalue weighted by atomic mass is 32.2. The van der Waals surface area contributed by atoms with Gasteiger partial charge in [0.1, 0.15) is 6.04 Å². The lowest BCUT2D eigenvalue weighted by Crippen LogP contribution is -2.35. The summed E-state index contributed by atoms with van der Waals surface area (Å²) >= 11 is 1.85. The first-order valence-corrected chi connectivity index (χ1v) is 6.88. The van der Waals surface area contributed by atoms with E-state index in [9.17, 15) is 4.79 Å². The number of carbonyl (C=O) groups is 1. The molecule has 1 heterocycles. The van der Waals surface area contributed by atoms with Crippen molar-refractivity contribution in [1.29, 1.82) is 0 Å². The van der Waals surface area contributed by atoms with Gasteiger partial charge in [-0.2, -0.15) is 11.8 Å². The van der Waals surface area contributed by atoms with Crippen LogP contribution in [0, 0.1) is 0 Å². The van der Waals surface area contributed by atoms with Crippen LogP contribution in [-0.2, 0) is 14.3 Å². The van der Waals surface area contributed by atoms with Crippen LogP contribution in [0.15, 0.2) is 0 Å². The standard InChI is InChI=1S/C11H21NO3S/c1-12-10(11(13)14-2)5-7-16-8-9-4-3-6-15-9/h9-10,12H,3-8H2,1-2H3. The molecule has 0 aromatic heterocycles. The molecular formula is C11H21NO3S. The van der Waals surface area contributed by atoms with E-state index in [0.717, 1.165) is 24.5 Å². The Balaban J connectivity index is 2.06. The molecule has 0 saturated carbocycles. The predicted molar refractivity (Wildman–Crippen MR) is 65.8 cm³/mol. The Morgan fingerprint density at radius 3 is 3.06 bits per heavy atom. The van der Waals surface area contributed by atoms with Crippen LogP contribution in [0.4, 0.5) is 0 Å². The average molecular weight is 247 g/mol. The van der Waals surface area contributed by atoms with Crippen LogP contribution >= 0.6 is 11.8 Å². The normalized spacial score (nSPS) is 22.0. The Labute approximate surface area is 101 Å². The zero-order valence-corrected chi connectivity index (χ0v) is 10.8. The molecule has 1 aliphatic heterocycles. The van der Waals surface area contributed by atoms with Crippen LogP contribution in [0.3, 0.4) is 0 Å². The van der Waals surface area contributed by atoms with Crippen molar-refractivity contribution in [3.05, 3.63) is 0 Å². The van der Waals surface area contributed by atoms with Crippen molar-refractivity contribution in [2.24, 2.45) is 0 Å². The minimum Gasteiger partial charge on any atom is -0.468 e. The molecule has 1 rings (SSSR count). The van der Waals surface area contributed by atoms with E-state index in [4.69, 9.17) is 9.47 Å². The number of rotatable bonds is 7. The molecule has 0 spiro atoms. The minimum absolute atomic E-state index is 0.179. The second-order valence-corrected chi connectivity index (χ2v) is 5.01. The second kappa shape index (κ2) is 7.92. The first-order valence-electron chi connectivity index (χ1n) is 5.72. The van der Waals surface area contributed by atoms with Crippen molar-refractivity contribution in [2.75, 3.05) is 32.3 Å².